The first-order valence-electron chi connectivity index (χ1n) is 8.03. The third-order valence-electron chi connectivity index (χ3n) is 3.32. The fourth-order valence-electron chi connectivity index (χ4n) is 2.10. The van der Waals surface area contributed by atoms with Gasteiger partial charge in [0.05, 0.1) is 11.8 Å². The Bertz CT molecular complexity index is 815. The zero-order chi connectivity index (χ0) is 19.3. The number of nitrogens with zero attached hydrogens (tertiary/aromatic N) is 1. The van der Waals surface area contributed by atoms with Crippen molar-refractivity contribution in [3.8, 4) is 0 Å². The molecule has 0 fully saturated rings. The van der Waals surface area contributed by atoms with E-state index in [-0.39, 0.29) is 30.6 Å². The Balaban J connectivity index is 1.90. The highest BCUT2D eigenvalue weighted by atomic mass is 35.5. The number of nitrogens with one attached hydrogen (secondary N) is 1. The molecule has 2 rings (SSSR count). The molecule has 0 saturated carbocycles. The van der Waals surface area contributed by atoms with Crippen molar-refractivity contribution >= 4 is 45.7 Å². The van der Waals surface area contributed by atoms with E-state index in [1.54, 1.807) is 45.0 Å². The van der Waals surface area contributed by atoms with Gasteiger partial charge in [-0.3, -0.25) is 9.59 Å². The number of Topliss-reactive ketones (excluding diaryl/α,β-unsaturated/α-hetero) is 1. The van der Waals surface area contributed by atoms with Gasteiger partial charge in [0.1, 0.15) is 4.88 Å². The van der Waals surface area contributed by atoms with Crippen LogP contribution in [0.25, 0.3) is 0 Å². The number of hydrogen-bond donors (Lipinski definition) is 1. The number of ketones is 1. The number of carbonyl (C=O) groups excluding carboxylic acids is 3. The van der Waals surface area contributed by atoms with E-state index in [1.807, 2.05) is 0 Å². The van der Waals surface area contributed by atoms with Crippen LogP contribution in [-0.2, 0) is 9.53 Å². The lowest BCUT2D eigenvalue weighted by atomic mass is 10.1. The van der Waals surface area contributed by atoms with Gasteiger partial charge in [-0.25, -0.2) is 9.78 Å². The maximum atomic E-state index is 12.1. The SMILES string of the molecule is Cc1nc(NC(=O)CCC(=O)c2ccc(Cl)cc2)sc1C(=O)OC(C)C. The third kappa shape index (κ3) is 5.64. The monoisotopic (exact) mass is 394 g/mol. The van der Waals surface area contributed by atoms with Gasteiger partial charge in [0.2, 0.25) is 5.91 Å². The fraction of sp³-hybridized carbons (Fsp3) is 0.333. The van der Waals surface area contributed by atoms with Crippen LogP contribution in [0.5, 0.6) is 0 Å². The standard InChI is InChI=1S/C18H19ClN2O4S/c1-10(2)25-17(24)16-11(3)20-18(26-16)21-15(23)9-8-14(22)12-4-6-13(19)7-5-12/h4-7,10H,8-9H2,1-3H3,(H,20,21,23). The van der Waals surface area contributed by atoms with E-state index in [0.717, 1.165) is 11.3 Å². The predicted molar refractivity (Wildman–Crippen MR) is 101 cm³/mol. The van der Waals surface area contributed by atoms with Gasteiger partial charge in [-0.1, -0.05) is 22.9 Å². The molecule has 8 heteroatoms. The van der Waals surface area contributed by atoms with Crippen LogP contribution in [0.2, 0.25) is 5.02 Å². The molecule has 0 spiro atoms. The van der Waals surface area contributed by atoms with Crippen molar-refractivity contribution in [2.45, 2.75) is 39.7 Å². The molecule has 0 unspecified atom stereocenters. The van der Waals surface area contributed by atoms with Crippen molar-refractivity contribution in [1.29, 1.82) is 0 Å². The molecule has 0 bridgehead atoms. The van der Waals surface area contributed by atoms with Gasteiger partial charge in [0.25, 0.3) is 0 Å². The second-order valence-corrected chi connectivity index (χ2v) is 7.30. The number of amides is 1. The Morgan fingerprint density at radius 2 is 1.85 bits per heavy atom. The average Bonchev–Trinajstić information content (AvgIpc) is 2.93. The minimum Gasteiger partial charge on any atom is -0.459 e. The highest BCUT2D eigenvalue weighted by Gasteiger charge is 2.19. The molecule has 1 N–H and O–H groups in total. The molecule has 1 aromatic carbocycles. The van der Waals surface area contributed by atoms with Crippen LogP contribution in [0.4, 0.5) is 5.13 Å². The summed E-state index contributed by atoms with van der Waals surface area (Å²) in [7, 11) is 0. The first-order valence-corrected chi connectivity index (χ1v) is 9.22. The number of esters is 1. The molecular formula is C18H19ClN2O4S. The number of aromatic nitrogens is 1. The number of carbonyl (C=O) groups is 3. The van der Waals surface area contributed by atoms with Gasteiger partial charge in [-0.05, 0) is 45.0 Å². The Labute approximate surface area is 160 Å². The van der Waals surface area contributed by atoms with Crippen molar-refractivity contribution < 1.29 is 19.1 Å². The maximum absolute atomic E-state index is 12.1. The second-order valence-electron chi connectivity index (χ2n) is 5.87. The summed E-state index contributed by atoms with van der Waals surface area (Å²) in [4.78, 5) is 40.6. The lowest BCUT2D eigenvalue weighted by Gasteiger charge is -2.05. The van der Waals surface area contributed by atoms with Crippen LogP contribution < -0.4 is 5.32 Å². The van der Waals surface area contributed by atoms with Crippen LogP contribution in [0.3, 0.4) is 0 Å². The Kier molecular flexibility index (Phi) is 6.88. The normalized spacial score (nSPS) is 10.7. The van der Waals surface area contributed by atoms with Crippen molar-refractivity contribution in [2.75, 3.05) is 5.32 Å². The number of thiazole rings is 1. The zero-order valence-corrected chi connectivity index (χ0v) is 16.2. The van der Waals surface area contributed by atoms with Crippen molar-refractivity contribution in [3.05, 3.63) is 45.4 Å². The molecule has 138 valence electrons. The maximum Gasteiger partial charge on any atom is 0.350 e. The molecular weight excluding hydrogens is 376 g/mol. The van der Waals surface area contributed by atoms with Gasteiger partial charge >= 0.3 is 5.97 Å². The van der Waals surface area contributed by atoms with E-state index in [1.165, 1.54) is 0 Å². The number of aryl methyl sites for hydroxylation is 1. The molecule has 0 radical (unpaired) electrons. The van der Waals surface area contributed by atoms with Gasteiger partial charge in [0.15, 0.2) is 10.9 Å². The number of rotatable bonds is 7. The van der Waals surface area contributed by atoms with Gasteiger partial charge in [0, 0.05) is 23.4 Å². The summed E-state index contributed by atoms with van der Waals surface area (Å²) in [5.74, 6) is -0.952. The van der Waals surface area contributed by atoms with E-state index < -0.39 is 5.97 Å². The summed E-state index contributed by atoms with van der Waals surface area (Å²) in [6, 6.07) is 6.51. The Morgan fingerprint density at radius 1 is 1.19 bits per heavy atom. The van der Waals surface area contributed by atoms with Crippen molar-refractivity contribution in [2.24, 2.45) is 0 Å². The summed E-state index contributed by atoms with van der Waals surface area (Å²) < 4.78 is 5.14. The van der Waals surface area contributed by atoms with Crippen LogP contribution in [0, 0.1) is 6.92 Å². The summed E-state index contributed by atoms with van der Waals surface area (Å²) in [6.45, 7) is 5.19. The first-order chi connectivity index (χ1) is 12.3. The number of hydrogen-bond acceptors (Lipinski definition) is 6. The molecule has 0 aliphatic rings. The number of benzene rings is 1. The van der Waals surface area contributed by atoms with E-state index in [0.29, 0.717) is 26.3 Å². The lowest BCUT2D eigenvalue weighted by Crippen LogP contribution is -2.13. The summed E-state index contributed by atoms with van der Waals surface area (Å²) in [5.41, 5.74) is 0.999. The summed E-state index contributed by atoms with van der Waals surface area (Å²) in [5, 5.41) is 3.47. The lowest BCUT2D eigenvalue weighted by molar-refractivity contribution is -0.116. The number of ether oxygens (including phenoxy) is 1. The van der Waals surface area contributed by atoms with Gasteiger partial charge in [-0.2, -0.15) is 0 Å². The van der Waals surface area contributed by atoms with Gasteiger partial charge in [-0.15, -0.1) is 0 Å². The average molecular weight is 395 g/mol. The quantitative estimate of drug-likeness (QED) is 0.559. The molecule has 0 saturated heterocycles. The van der Waals surface area contributed by atoms with Crippen LogP contribution >= 0.6 is 22.9 Å². The molecule has 6 nitrogen and oxygen atoms in total. The van der Waals surface area contributed by atoms with Crippen LogP contribution in [0.15, 0.2) is 24.3 Å². The Morgan fingerprint density at radius 3 is 2.46 bits per heavy atom. The summed E-state index contributed by atoms with van der Waals surface area (Å²) >= 11 is 6.84. The predicted octanol–water partition coefficient (Wildman–Crippen LogP) is 4.27. The largest absolute Gasteiger partial charge is 0.459 e. The molecule has 1 heterocycles. The highest BCUT2D eigenvalue weighted by Crippen LogP contribution is 2.24. The topological polar surface area (TPSA) is 85.4 Å². The zero-order valence-electron chi connectivity index (χ0n) is 14.7. The van der Waals surface area contributed by atoms with Crippen molar-refractivity contribution in [1.82, 2.24) is 4.98 Å². The molecule has 0 aliphatic carbocycles. The fourth-order valence-corrected chi connectivity index (χ4v) is 3.09. The van der Waals surface area contributed by atoms with Gasteiger partial charge < -0.3 is 10.1 Å². The number of halogens is 1. The molecule has 26 heavy (non-hydrogen) atoms. The van der Waals surface area contributed by atoms with E-state index in [9.17, 15) is 14.4 Å². The van der Waals surface area contributed by atoms with Crippen molar-refractivity contribution in [3.63, 3.8) is 0 Å². The molecule has 1 amide bonds. The minimum atomic E-state index is -0.464. The molecule has 0 aliphatic heterocycles. The summed E-state index contributed by atoms with van der Waals surface area (Å²) in [6.07, 6.45) is -0.146. The van der Waals surface area contributed by atoms with E-state index in [2.05, 4.69) is 10.3 Å². The van der Waals surface area contributed by atoms with Crippen LogP contribution in [0.1, 0.15) is 52.4 Å². The minimum absolute atomic E-state index is 0.0197. The second kappa shape index (κ2) is 8.91. The molecule has 2 aromatic rings. The first kappa shape index (κ1) is 20.1. The highest BCUT2D eigenvalue weighted by molar-refractivity contribution is 7.17. The van der Waals surface area contributed by atoms with Crippen LogP contribution in [-0.4, -0.2) is 28.7 Å². The third-order valence-corrected chi connectivity index (χ3v) is 4.62. The Hall–Kier alpha value is -2.25. The molecule has 1 aromatic heterocycles. The molecule has 0 atom stereocenters. The van der Waals surface area contributed by atoms with E-state index >= 15 is 0 Å². The smallest absolute Gasteiger partial charge is 0.350 e. The number of anilines is 1. The van der Waals surface area contributed by atoms with E-state index in [4.69, 9.17) is 16.3 Å².